The number of amides is 1. The number of ether oxygens (including phenoxy) is 3. The lowest BCUT2D eigenvalue weighted by Gasteiger charge is -2.34. The molecule has 1 amide bonds. The second kappa shape index (κ2) is 13.4. The fourth-order valence-electron chi connectivity index (χ4n) is 5.03. The SMILES string of the molecule is COc1cc(C)c(S(=O)(=O)N(C)CCOCC(=O)N(C)[C@H]2CC[C@@H](OCCN(C)C3CC3)CC2)c(C)c1. The molecular weight excluding hydrogens is 494 g/mol. The maximum atomic E-state index is 13.1. The van der Waals surface area contributed by atoms with Crippen LogP contribution in [0.2, 0.25) is 0 Å². The minimum atomic E-state index is -3.69. The number of carbonyl (C=O) groups excluding carboxylic acids is 1. The minimum absolute atomic E-state index is 0.0606. The summed E-state index contributed by atoms with van der Waals surface area (Å²) in [4.78, 5) is 17.1. The summed E-state index contributed by atoms with van der Waals surface area (Å²) in [7, 11) is 3.39. The highest BCUT2D eigenvalue weighted by Crippen LogP contribution is 2.28. The molecule has 0 spiro atoms. The van der Waals surface area contributed by atoms with Crippen molar-refractivity contribution in [2.75, 3.05) is 61.2 Å². The van der Waals surface area contributed by atoms with E-state index in [0.29, 0.717) is 16.9 Å². The lowest BCUT2D eigenvalue weighted by atomic mass is 9.92. The predicted octanol–water partition coefficient (Wildman–Crippen LogP) is 2.83. The molecule has 2 fully saturated rings. The first-order chi connectivity index (χ1) is 17.5. The van der Waals surface area contributed by atoms with Crippen LogP contribution in [0.15, 0.2) is 17.0 Å². The zero-order valence-corrected chi connectivity index (χ0v) is 24.2. The number of likely N-dealkylation sites (N-methyl/N-ethyl adjacent to an activating group) is 3. The van der Waals surface area contributed by atoms with Crippen LogP contribution >= 0.6 is 0 Å². The van der Waals surface area contributed by atoms with Crippen LogP contribution < -0.4 is 4.74 Å². The molecule has 0 aliphatic heterocycles. The summed E-state index contributed by atoms with van der Waals surface area (Å²) >= 11 is 0. The number of benzene rings is 1. The van der Waals surface area contributed by atoms with Gasteiger partial charge in [-0.05, 0) is 82.7 Å². The zero-order chi connectivity index (χ0) is 27.2. The molecule has 3 rings (SSSR count). The van der Waals surface area contributed by atoms with Gasteiger partial charge in [0, 0.05) is 39.3 Å². The summed E-state index contributed by atoms with van der Waals surface area (Å²) in [6.45, 7) is 5.50. The topological polar surface area (TPSA) is 88.6 Å². The van der Waals surface area contributed by atoms with Crippen LogP contribution in [0.1, 0.15) is 49.7 Å². The van der Waals surface area contributed by atoms with Crippen LogP contribution in [-0.4, -0.2) is 108 Å². The van der Waals surface area contributed by atoms with Crippen molar-refractivity contribution in [1.82, 2.24) is 14.1 Å². The van der Waals surface area contributed by atoms with Crippen LogP contribution in [0.25, 0.3) is 0 Å². The number of carbonyl (C=O) groups is 1. The molecule has 0 bridgehead atoms. The maximum Gasteiger partial charge on any atom is 0.248 e. The first-order valence-electron chi connectivity index (χ1n) is 13.3. The highest BCUT2D eigenvalue weighted by Gasteiger charge is 2.29. The lowest BCUT2D eigenvalue weighted by Crippen LogP contribution is -2.42. The zero-order valence-electron chi connectivity index (χ0n) is 23.4. The molecule has 9 nitrogen and oxygen atoms in total. The average molecular weight is 540 g/mol. The molecule has 2 saturated carbocycles. The number of rotatable bonds is 14. The Hall–Kier alpha value is -1.72. The summed E-state index contributed by atoms with van der Waals surface area (Å²) < 4.78 is 44.4. The Balaban J connectivity index is 1.36. The third kappa shape index (κ3) is 8.13. The van der Waals surface area contributed by atoms with Crippen LogP contribution in [0.3, 0.4) is 0 Å². The maximum absolute atomic E-state index is 13.1. The molecule has 0 saturated heterocycles. The van der Waals surface area contributed by atoms with E-state index in [2.05, 4.69) is 11.9 Å². The van der Waals surface area contributed by atoms with E-state index in [1.54, 1.807) is 38.0 Å². The van der Waals surface area contributed by atoms with Gasteiger partial charge in [0.25, 0.3) is 0 Å². The van der Waals surface area contributed by atoms with Gasteiger partial charge in [-0.2, -0.15) is 4.31 Å². The third-order valence-corrected chi connectivity index (χ3v) is 9.83. The average Bonchev–Trinajstić information content (AvgIpc) is 3.71. The van der Waals surface area contributed by atoms with Crippen LogP contribution in [0.4, 0.5) is 0 Å². The smallest absolute Gasteiger partial charge is 0.248 e. The third-order valence-electron chi connectivity index (χ3n) is 7.67. The van der Waals surface area contributed by atoms with E-state index < -0.39 is 10.0 Å². The van der Waals surface area contributed by atoms with Crippen LogP contribution in [0.5, 0.6) is 5.75 Å². The van der Waals surface area contributed by atoms with Crippen LogP contribution in [0, 0.1) is 13.8 Å². The van der Waals surface area contributed by atoms with E-state index in [4.69, 9.17) is 14.2 Å². The summed E-state index contributed by atoms with van der Waals surface area (Å²) in [6.07, 6.45) is 6.67. The minimum Gasteiger partial charge on any atom is -0.497 e. The summed E-state index contributed by atoms with van der Waals surface area (Å²) in [6, 6.07) is 4.38. The standard InChI is InChI=1S/C27H45N3O6S/c1-20-17-25(34-6)18-21(2)27(20)37(32,33)29(4)14-15-35-19-26(31)30(5)23-9-11-24(12-10-23)36-16-13-28(3)22-7-8-22/h17-18,22-24H,7-16,19H2,1-6H3/t23-,24+. The van der Waals surface area contributed by atoms with E-state index in [-0.39, 0.29) is 42.7 Å². The Kier molecular flexibility index (Phi) is 10.8. The molecule has 0 aromatic heterocycles. The molecule has 1 aromatic rings. The Morgan fingerprint density at radius 1 is 0.919 bits per heavy atom. The van der Waals surface area contributed by atoms with Crippen molar-refractivity contribution in [1.29, 1.82) is 0 Å². The van der Waals surface area contributed by atoms with E-state index in [9.17, 15) is 13.2 Å². The fraction of sp³-hybridized carbons (Fsp3) is 0.741. The number of hydrogen-bond acceptors (Lipinski definition) is 7. The number of sulfonamides is 1. The van der Waals surface area contributed by atoms with E-state index in [1.165, 1.54) is 24.2 Å². The normalized spacial score (nSPS) is 20.4. The van der Waals surface area contributed by atoms with Crippen molar-refractivity contribution in [2.24, 2.45) is 0 Å². The molecule has 10 heteroatoms. The van der Waals surface area contributed by atoms with Gasteiger partial charge >= 0.3 is 0 Å². The van der Waals surface area contributed by atoms with Gasteiger partial charge in [0.15, 0.2) is 0 Å². The molecule has 1 aromatic carbocycles. The Morgan fingerprint density at radius 2 is 1.51 bits per heavy atom. The van der Waals surface area contributed by atoms with Gasteiger partial charge in [-0.15, -0.1) is 0 Å². The van der Waals surface area contributed by atoms with Crippen molar-refractivity contribution >= 4 is 15.9 Å². The Morgan fingerprint density at radius 3 is 2.08 bits per heavy atom. The molecule has 210 valence electrons. The summed E-state index contributed by atoms with van der Waals surface area (Å²) in [5.74, 6) is 0.545. The Labute approximate surface area is 223 Å². The predicted molar refractivity (Wildman–Crippen MR) is 144 cm³/mol. The van der Waals surface area contributed by atoms with Gasteiger partial charge in [0.1, 0.15) is 12.4 Å². The summed E-state index contributed by atoms with van der Waals surface area (Å²) in [5, 5.41) is 0. The molecule has 0 N–H and O–H groups in total. The van der Waals surface area contributed by atoms with Gasteiger partial charge in [0.05, 0.1) is 31.3 Å². The molecule has 2 aliphatic rings. The molecule has 37 heavy (non-hydrogen) atoms. The van der Waals surface area contributed by atoms with Gasteiger partial charge in [-0.25, -0.2) is 8.42 Å². The van der Waals surface area contributed by atoms with Gasteiger partial charge in [-0.3, -0.25) is 4.79 Å². The number of methoxy groups -OCH3 is 1. The number of aryl methyl sites for hydroxylation is 2. The molecular formula is C27H45N3O6S. The van der Waals surface area contributed by atoms with Crippen molar-refractivity contribution in [3.05, 3.63) is 23.3 Å². The Bertz CT molecular complexity index is 982. The molecule has 2 aliphatic carbocycles. The first kappa shape index (κ1) is 29.8. The molecule has 0 atom stereocenters. The fourth-order valence-corrected chi connectivity index (χ4v) is 6.59. The second-order valence-corrected chi connectivity index (χ2v) is 12.5. The van der Waals surface area contributed by atoms with E-state index in [1.807, 2.05) is 7.05 Å². The van der Waals surface area contributed by atoms with Crippen molar-refractivity contribution < 1.29 is 27.4 Å². The second-order valence-electron chi connectivity index (χ2n) is 10.5. The molecule has 0 unspecified atom stereocenters. The van der Waals surface area contributed by atoms with E-state index >= 15 is 0 Å². The number of nitrogens with zero attached hydrogens (tertiary/aromatic N) is 3. The number of hydrogen-bond donors (Lipinski definition) is 0. The summed E-state index contributed by atoms with van der Waals surface area (Å²) in [5.41, 5.74) is 1.26. The quantitative estimate of drug-likeness (QED) is 0.336. The highest BCUT2D eigenvalue weighted by atomic mass is 32.2. The monoisotopic (exact) mass is 539 g/mol. The van der Waals surface area contributed by atoms with Gasteiger partial charge in [-0.1, -0.05) is 0 Å². The van der Waals surface area contributed by atoms with E-state index in [0.717, 1.165) is 44.9 Å². The van der Waals surface area contributed by atoms with Crippen molar-refractivity contribution in [2.45, 2.75) is 75.5 Å². The highest BCUT2D eigenvalue weighted by molar-refractivity contribution is 7.89. The van der Waals surface area contributed by atoms with Crippen LogP contribution in [-0.2, 0) is 24.3 Å². The van der Waals surface area contributed by atoms with Gasteiger partial charge < -0.3 is 24.0 Å². The first-order valence-corrected chi connectivity index (χ1v) is 14.8. The lowest BCUT2D eigenvalue weighted by molar-refractivity contribution is -0.138. The van der Waals surface area contributed by atoms with Crippen molar-refractivity contribution in [3.8, 4) is 5.75 Å². The van der Waals surface area contributed by atoms with Crippen molar-refractivity contribution in [3.63, 3.8) is 0 Å². The molecule has 0 radical (unpaired) electrons. The largest absolute Gasteiger partial charge is 0.497 e. The van der Waals surface area contributed by atoms with Gasteiger partial charge in [0.2, 0.25) is 15.9 Å². The molecule has 0 heterocycles.